The van der Waals surface area contributed by atoms with Crippen LogP contribution in [-0.4, -0.2) is 35.8 Å². The minimum atomic E-state index is -0.657. The van der Waals surface area contributed by atoms with Gasteiger partial charge in [0, 0.05) is 12.1 Å². The zero-order chi connectivity index (χ0) is 22.8. The van der Waals surface area contributed by atoms with Gasteiger partial charge in [-0.1, -0.05) is 41.6 Å². The molecule has 2 heterocycles. The Morgan fingerprint density at radius 2 is 2.03 bits per heavy atom. The maximum atomic E-state index is 12.6. The highest BCUT2D eigenvalue weighted by molar-refractivity contribution is 8.00. The Morgan fingerprint density at radius 3 is 2.72 bits per heavy atom. The van der Waals surface area contributed by atoms with E-state index in [-0.39, 0.29) is 27.1 Å². The maximum absolute atomic E-state index is 12.6. The second kappa shape index (κ2) is 8.81. The third-order valence-electron chi connectivity index (χ3n) is 4.50. The van der Waals surface area contributed by atoms with Gasteiger partial charge in [0.2, 0.25) is 5.91 Å². The van der Waals surface area contributed by atoms with Crippen LogP contribution < -0.4 is 10.9 Å². The van der Waals surface area contributed by atoms with Crippen molar-refractivity contribution < 1.29 is 9.72 Å². The number of nitrogens with one attached hydrogen (secondary N) is 2. The molecule has 2 N–H and O–H groups in total. The van der Waals surface area contributed by atoms with Crippen molar-refractivity contribution >= 4 is 51.7 Å². The Morgan fingerprint density at radius 1 is 1.28 bits per heavy atom. The van der Waals surface area contributed by atoms with E-state index in [2.05, 4.69) is 20.4 Å². The lowest BCUT2D eigenvalue weighted by atomic mass is 10.2. The number of thioether (sulfide) groups is 1. The number of anilines is 1. The second-order valence-electron chi connectivity index (χ2n) is 6.67. The van der Waals surface area contributed by atoms with E-state index >= 15 is 0 Å². The van der Waals surface area contributed by atoms with Crippen LogP contribution in [0.25, 0.3) is 16.7 Å². The van der Waals surface area contributed by atoms with Crippen LogP contribution in [0.3, 0.4) is 0 Å². The highest BCUT2D eigenvalue weighted by atomic mass is 35.5. The molecule has 4 rings (SSSR count). The van der Waals surface area contributed by atoms with Crippen LogP contribution >= 0.6 is 23.4 Å². The molecule has 2 aromatic heterocycles. The van der Waals surface area contributed by atoms with Gasteiger partial charge < -0.3 is 10.3 Å². The van der Waals surface area contributed by atoms with Crippen LogP contribution in [0, 0.1) is 10.1 Å². The van der Waals surface area contributed by atoms with Gasteiger partial charge in [-0.15, -0.1) is 0 Å². The molecule has 4 aromatic rings. The Bertz CT molecular complexity index is 1390. The predicted octanol–water partition coefficient (Wildman–Crippen LogP) is 3.79. The molecule has 1 atom stereocenters. The maximum Gasteiger partial charge on any atom is 0.271 e. The lowest BCUT2D eigenvalue weighted by Gasteiger charge is -2.12. The topological polar surface area (TPSA) is 136 Å². The van der Waals surface area contributed by atoms with Crippen molar-refractivity contribution in [2.45, 2.75) is 17.3 Å². The minimum Gasteiger partial charge on any atom is -0.324 e. The van der Waals surface area contributed by atoms with Crippen LogP contribution in [0.1, 0.15) is 6.92 Å². The van der Waals surface area contributed by atoms with E-state index < -0.39 is 16.1 Å². The summed E-state index contributed by atoms with van der Waals surface area (Å²) in [5, 5.41) is 17.7. The van der Waals surface area contributed by atoms with E-state index in [1.807, 2.05) is 30.3 Å². The van der Waals surface area contributed by atoms with Crippen LogP contribution in [0.5, 0.6) is 0 Å². The average Bonchev–Trinajstić information content (AvgIpc) is 3.20. The monoisotopic (exact) mass is 470 g/mol. The number of amides is 1. The lowest BCUT2D eigenvalue weighted by Crippen LogP contribution is -2.23. The average molecular weight is 471 g/mol. The number of hydrogen-bond donors (Lipinski definition) is 2. The van der Waals surface area contributed by atoms with E-state index in [0.717, 1.165) is 23.5 Å². The van der Waals surface area contributed by atoms with Gasteiger partial charge in [-0.05, 0) is 25.1 Å². The summed E-state index contributed by atoms with van der Waals surface area (Å²) in [6, 6.07) is 13.0. The number of benzene rings is 2. The molecule has 0 aliphatic carbocycles. The summed E-state index contributed by atoms with van der Waals surface area (Å²) in [6.45, 7) is 1.64. The molecule has 10 nitrogen and oxygen atoms in total. The molecule has 0 radical (unpaired) electrons. The van der Waals surface area contributed by atoms with Gasteiger partial charge in [0.1, 0.15) is 5.39 Å². The number of carbonyl (C=O) groups excluding carboxylic acids is 1. The van der Waals surface area contributed by atoms with E-state index in [4.69, 9.17) is 11.6 Å². The highest BCUT2D eigenvalue weighted by Gasteiger charge is 2.20. The summed E-state index contributed by atoms with van der Waals surface area (Å²) in [7, 11) is 0. The number of para-hydroxylation sites is 1. The van der Waals surface area contributed by atoms with Crippen molar-refractivity contribution in [2.75, 3.05) is 5.32 Å². The predicted molar refractivity (Wildman–Crippen MR) is 122 cm³/mol. The summed E-state index contributed by atoms with van der Waals surface area (Å²) < 4.78 is 1.55. The normalized spacial score (nSPS) is 11.9. The molecule has 0 fully saturated rings. The molecule has 0 bridgehead atoms. The Hall–Kier alpha value is -3.70. The number of aromatic nitrogens is 4. The second-order valence-corrected chi connectivity index (χ2v) is 8.41. The molecule has 0 aliphatic heterocycles. The molecule has 0 saturated heterocycles. The van der Waals surface area contributed by atoms with E-state index in [9.17, 15) is 19.7 Å². The number of H-pyrrole nitrogens is 1. The van der Waals surface area contributed by atoms with Crippen molar-refractivity contribution in [3.8, 4) is 5.69 Å². The number of rotatable bonds is 6. The van der Waals surface area contributed by atoms with Gasteiger partial charge in [0.05, 0.1) is 32.8 Å². The van der Waals surface area contributed by atoms with Crippen molar-refractivity contribution in [1.82, 2.24) is 19.7 Å². The number of nitro groups is 1. The van der Waals surface area contributed by atoms with Crippen LogP contribution in [0.4, 0.5) is 11.4 Å². The highest BCUT2D eigenvalue weighted by Crippen LogP contribution is 2.28. The number of nitrogens with zero attached hydrogens (tertiary/aromatic N) is 4. The zero-order valence-electron chi connectivity index (χ0n) is 16.5. The van der Waals surface area contributed by atoms with Crippen molar-refractivity contribution in [3.63, 3.8) is 0 Å². The molecule has 32 heavy (non-hydrogen) atoms. The molecule has 12 heteroatoms. The third kappa shape index (κ3) is 4.34. The SMILES string of the molecule is C[C@H](Sc1nc2c(cnn2-c2ccccc2)c(=O)[nH]1)C(=O)Nc1ccc([N+](=O)[O-])cc1Cl. The van der Waals surface area contributed by atoms with Gasteiger partial charge in [-0.2, -0.15) is 5.10 Å². The smallest absolute Gasteiger partial charge is 0.271 e. The number of hydrogen-bond acceptors (Lipinski definition) is 7. The van der Waals surface area contributed by atoms with Gasteiger partial charge in [-0.3, -0.25) is 19.7 Å². The molecular weight excluding hydrogens is 456 g/mol. The number of aromatic amines is 1. The molecule has 0 unspecified atom stereocenters. The summed E-state index contributed by atoms with van der Waals surface area (Å²) in [5.41, 5.74) is 0.809. The number of fused-ring (bicyclic) bond motifs is 1. The van der Waals surface area contributed by atoms with Crippen LogP contribution in [-0.2, 0) is 4.79 Å². The number of carbonyl (C=O) groups is 1. The minimum absolute atomic E-state index is 0.0458. The number of non-ortho nitro benzene ring substituents is 1. The number of nitro benzene ring substituents is 1. The van der Waals surface area contributed by atoms with Crippen molar-refractivity contribution in [3.05, 3.63) is 80.2 Å². The van der Waals surface area contributed by atoms with Gasteiger partial charge in [-0.25, -0.2) is 9.67 Å². The third-order valence-corrected chi connectivity index (χ3v) is 5.79. The fourth-order valence-corrected chi connectivity index (χ4v) is 3.90. The first-order chi connectivity index (χ1) is 15.3. The van der Waals surface area contributed by atoms with Crippen LogP contribution in [0.2, 0.25) is 5.02 Å². The fourth-order valence-electron chi connectivity index (χ4n) is 2.89. The summed E-state index contributed by atoms with van der Waals surface area (Å²) in [4.78, 5) is 42.5. The summed E-state index contributed by atoms with van der Waals surface area (Å²) in [6.07, 6.45) is 1.44. The summed E-state index contributed by atoms with van der Waals surface area (Å²) >= 11 is 7.09. The molecule has 0 aliphatic rings. The molecule has 162 valence electrons. The quantitative estimate of drug-likeness (QED) is 0.189. The van der Waals surface area contributed by atoms with E-state index in [1.165, 1.54) is 18.3 Å². The largest absolute Gasteiger partial charge is 0.324 e. The molecule has 1 amide bonds. The van der Waals surface area contributed by atoms with Gasteiger partial charge in [0.15, 0.2) is 10.8 Å². The van der Waals surface area contributed by atoms with E-state index in [1.54, 1.807) is 11.6 Å². The first-order valence-electron chi connectivity index (χ1n) is 9.28. The Balaban J connectivity index is 1.56. The van der Waals surface area contributed by atoms with Gasteiger partial charge >= 0.3 is 0 Å². The standard InChI is InChI=1S/C20H15ClN6O4S/c1-11(18(28)23-16-8-7-13(27(30)31)9-15(16)21)32-20-24-17-14(19(29)25-20)10-22-26(17)12-5-3-2-4-6-12/h2-11H,1H3,(H,23,28)(H,24,25,29)/t11-/m0/s1. The molecule has 0 saturated carbocycles. The Kier molecular flexibility index (Phi) is 5.93. The van der Waals surface area contributed by atoms with Gasteiger partial charge in [0.25, 0.3) is 11.2 Å². The van der Waals surface area contributed by atoms with Crippen LogP contribution in [0.15, 0.2) is 64.7 Å². The van der Waals surface area contributed by atoms with Crippen molar-refractivity contribution in [2.24, 2.45) is 0 Å². The first-order valence-corrected chi connectivity index (χ1v) is 10.5. The molecule has 2 aromatic carbocycles. The lowest BCUT2D eigenvalue weighted by molar-refractivity contribution is -0.384. The number of halogens is 1. The Labute approximate surface area is 189 Å². The molecule has 0 spiro atoms. The fraction of sp³-hybridized carbons (Fsp3) is 0.100. The van der Waals surface area contributed by atoms with Crippen molar-refractivity contribution in [1.29, 1.82) is 0 Å². The zero-order valence-corrected chi connectivity index (χ0v) is 18.1. The van der Waals surface area contributed by atoms with E-state index in [0.29, 0.717) is 11.0 Å². The molecular formula is C20H15ClN6O4S. The first kappa shape index (κ1) is 21.5. The summed E-state index contributed by atoms with van der Waals surface area (Å²) in [5.74, 6) is -0.412.